The third-order valence-electron chi connectivity index (χ3n) is 19.5. The van der Waals surface area contributed by atoms with Crippen LogP contribution in [0.15, 0.2) is 11.6 Å². The van der Waals surface area contributed by atoms with Gasteiger partial charge in [0.05, 0.1) is 37.5 Å². The predicted octanol–water partition coefficient (Wildman–Crippen LogP) is -0.630. The van der Waals surface area contributed by atoms with Crippen LogP contribution in [-0.4, -0.2) is 175 Å². The highest BCUT2D eigenvalue weighted by atomic mass is 16.8. The molecule has 0 radical (unpaired) electrons. The quantitative estimate of drug-likeness (QED) is 0.102. The molecular formula is C48H77O18-. The third kappa shape index (κ3) is 7.78. The van der Waals surface area contributed by atoms with Gasteiger partial charge in [-0.3, -0.25) is 0 Å². The number of aliphatic hydroxyl groups excluding tert-OH is 10. The van der Waals surface area contributed by atoms with Gasteiger partial charge in [-0.25, -0.2) is 0 Å². The summed E-state index contributed by atoms with van der Waals surface area (Å²) in [5.74, 6) is -1.43. The van der Waals surface area contributed by atoms with E-state index >= 15 is 0 Å². The molecule has 3 heterocycles. The van der Waals surface area contributed by atoms with Crippen molar-refractivity contribution < 1.29 is 89.4 Å². The Hall–Kier alpha value is -1.43. The van der Waals surface area contributed by atoms with E-state index in [1.807, 2.05) is 6.92 Å². The van der Waals surface area contributed by atoms with Crippen molar-refractivity contribution in [2.45, 2.75) is 218 Å². The summed E-state index contributed by atoms with van der Waals surface area (Å²) in [6, 6.07) is 0. The molecule has 0 aromatic heterocycles. The molecule has 0 spiro atoms. The molecule has 3 aliphatic heterocycles. The van der Waals surface area contributed by atoms with Crippen LogP contribution in [0.4, 0.5) is 0 Å². The van der Waals surface area contributed by atoms with E-state index in [0.29, 0.717) is 12.8 Å². The normalized spacial score (nSPS) is 55.9. The number of carbonyl (C=O) groups excluding carboxylic acids is 1. The van der Waals surface area contributed by atoms with Crippen LogP contribution in [-0.2, 0) is 33.2 Å². The predicted molar refractivity (Wildman–Crippen MR) is 228 cm³/mol. The van der Waals surface area contributed by atoms with Gasteiger partial charge < -0.3 is 89.4 Å². The summed E-state index contributed by atoms with van der Waals surface area (Å²) < 4.78 is 36.1. The first-order valence-corrected chi connectivity index (χ1v) is 24.2. The summed E-state index contributed by atoms with van der Waals surface area (Å²) in [6.45, 7) is 16.3. The SMILES string of the molecule is C[C@@H]1O[C@@H](O[C@H]2[C@H](O[C@H]3[C@H](O[C@H]4CC[C@@]5(C)[C@@H](CCC6(C)[C@@H]5CC=C5[C@@H]7CC(C)(C)C[C@@H](O)[C@]7(C)CC[C@]56C)[C@@]4(C)CO)O[C@H](C(=O)[O-])[C@@H](O)[C@@H]3O)O[C@H](CO)[C@H](O)[C@@H]2O)[C@H](O)[C@H](O)[C@H]1O. The number of carboxylic acid groups (broad SMARTS) is 1. The molecule has 0 aromatic carbocycles. The summed E-state index contributed by atoms with van der Waals surface area (Å²) in [5, 5.41) is 122. The number of fused-ring (bicyclic) bond motifs is 7. The zero-order valence-corrected chi connectivity index (χ0v) is 39.6. The topological polar surface area (TPSA) is 298 Å². The molecule has 18 nitrogen and oxygen atoms in total. The first kappa shape index (κ1) is 50.9. The molecule has 0 amide bonds. The standard InChI is InChI=1S/C48H78O18/c1-21-29(52)31(54)35(58)40(61-21)65-37-32(55)30(53)24(19-49)62-41(37)66-38-34(57)33(56)36(39(59)60)64-42(38)63-28-12-13-45(5)25(46(28,6)20-50)11-14-48(8)26(45)10-9-22-23-17-43(2,3)18-27(51)44(23,4)15-16-47(22,48)7/h9,21,23-38,40-42,49-58H,10-20H2,1-8H3,(H,59,60)/p-1/t21-,23-,24+,25+,26+,27+,28-,29-,30-,31+,32-,33-,34-,35+,36-,37+,38+,40-,41-,42+,44+,45-,46+,47+,48?/m0/s1. The Balaban J connectivity index is 1.08. The smallest absolute Gasteiger partial charge is 0.187 e. The van der Waals surface area contributed by atoms with Crippen LogP contribution < -0.4 is 5.11 Å². The van der Waals surface area contributed by atoms with Crippen LogP contribution >= 0.6 is 0 Å². The molecule has 7 fully saturated rings. The number of carboxylic acids is 1. The van der Waals surface area contributed by atoms with E-state index in [2.05, 4.69) is 47.6 Å². The molecule has 1 unspecified atom stereocenters. The maximum atomic E-state index is 12.4. The highest BCUT2D eigenvalue weighted by Crippen LogP contribution is 2.76. The first-order chi connectivity index (χ1) is 30.7. The summed E-state index contributed by atoms with van der Waals surface area (Å²) >= 11 is 0. The van der Waals surface area contributed by atoms with Crippen LogP contribution in [0.2, 0.25) is 0 Å². The minimum Gasteiger partial charge on any atom is -0.547 e. The molecule has 66 heavy (non-hydrogen) atoms. The molecule has 4 saturated carbocycles. The number of ether oxygens (including phenoxy) is 6. The molecule has 378 valence electrons. The molecule has 25 atom stereocenters. The van der Waals surface area contributed by atoms with E-state index in [1.165, 1.54) is 12.5 Å². The van der Waals surface area contributed by atoms with Gasteiger partial charge in [-0.15, -0.1) is 0 Å². The van der Waals surface area contributed by atoms with Gasteiger partial charge in [0.15, 0.2) is 18.9 Å². The fraction of sp³-hybridized carbons (Fsp3) is 0.938. The van der Waals surface area contributed by atoms with Gasteiger partial charge in [-0.1, -0.05) is 60.1 Å². The number of hydrogen-bond acceptors (Lipinski definition) is 18. The summed E-state index contributed by atoms with van der Waals surface area (Å²) in [6.07, 6.45) is -18.1. The lowest BCUT2D eigenvalue weighted by atomic mass is 9.33. The molecule has 3 saturated heterocycles. The molecule has 8 aliphatic rings. The van der Waals surface area contributed by atoms with E-state index in [9.17, 15) is 61.0 Å². The zero-order valence-electron chi connectivity index (χ0n) is 39.6. The Morgan fingerprint density at radius 3 is 1.95 bits per heavy atom. The maximum Gasteiger partial charge on any atom is 0.187 e. The highest BCUT2D eigenvalue weighted by molar-refractivity contribution is 5.71. The number of aliphatic hydroxyl groups is 10. The minimum atomic E-state index is -2.13. The lowest BCUT2D eigenvalue weighted by Crippen LogP contribution is -2.69. The molecule has 0 aromatic rings. The number of rotatable bonds is 9. The van der Waals surface area contributed by atoms with E-state index in [-0.39, 0.29) is 57.5 Å². The highest BCUT2D eigenvalue weighted by Gasteiger charge is 2.70. The number of aliphatic carboxylic acids is 1. The van der Waals surface area contributed by atoms with Gasteiger partial charge in [0, 0.05) is 10.8 Å². The fourth-order valence-corrected chi connectivity index (χ4v) is 15.1. The number of allylic oxidation sites excluding steroid dienone is 2. The summed E-state index contributed by atoms with van der Waals surface area (Å²) in [4.78, 5) is 12.4. The van der Waals surface area contributed by atoms with Crippen LogP contribution in [0, 0.1) is 50.2 Å². The lowest BCUT2D eigenvalue weighted by Gasteiger charge is -2.72. The van der Waals surface area contributed by atoms with Gasteiger partial charge in [0.25, 0.3) is 0 Å². The molecule has 8 rings (SSSR count). The average Bonchev–Trinajstić information content (AvgIpc) is 3.25. The Morgan fingerprint density at radius 1 is 0.682 bits per heavy atom. The second kappa shape index (κ2) is 17.7. The lowest BCUT2D eigenvalue weighted by molar-refractivity contribution is -0.402. The van der Waals surface area contributed by atoms with Crippen molar-refractivity contribution in [3.8, 4) is 0 Å². The average molecular weight is 942 g/mol. The van der Waals surface area contributed by atoms with Gasteiger partial charge in [0.2, 0.25) is 0 Å². The first-order valence-electron chi connectivity index (χ1n) is 24.2. The molecular weight excluding hydrogens is 865 g/mol. The van der Waals surface area contributed by atoms with Gasteiger partial charge in [0.1, 0.15) is 67.1 Å². The van der Waals surface area contributed by atoms with E-state index < -0.39 is 116 Å². The van der Waals surface area contributed by atoms with E-state index in [4.69, 9.17) is 28.4 Å². The van der Waals surface area contributed by atoms with Crippen molar-refractivity contribution >= 4 is 5.97 Å². The van der Waals surface area contributed by atoms with Crippen molar-refractivity contribution in [1.82, 2.24) is 0 Å². The van der Waals surface area contributed by atoms with Crippen molar-refractivity contribution in [1.29, 1.82) is 0 Å². The number of carbonyl (C=O) groups is 1. The molecule has 5 aliphatic carbocycles. The van der Waals surface area contributed by atoms with Gasteiger partial charge in [-0.05, 0) is 104 Å². The van der Waals surface area contributed by atoms with Crippen molar-refractivity contribution in [2.75, 3.05) is 13.2 Å². The van der Waals surface area contributed by atoms with Crippen molar-refractivity contribution in [2.24, 2.45) is 50.2 Å². The summed E-state index contributed by atoms with van der Waals surface area (Å²) in [7, 11) is 0. The van der Waals surface area contributed by atoms with E-state index in [0.717, 1.165) is 44.9 Å². The molecule has 0 bridgehead atoms. The van der Waals surface area contributed by atoms with Gasteiger partial charge in [-0.2, -0.15) is 0 Å². The largest absolute Gasteiger partial charge is 0.547 e. The Morgan fingerprint density at radius 2 is 1.32 bits per heavy atom. The fourth-order valence-electron chi connectivity index (χ4n) is 15.1. The Labute approximate surface area is 387 Å². The zero-order chi connectivity index (χ0) is 48.4. The minimum absolute atomic E-state index is 0.0131. The second-order valence-corrected chi connectivity index (χ2v) is 23.6. The number of hydrogen-bond donors (Lipinski definition) is 10. The van der Waals surface area contributed by atoms with Crippen LogP contribution in [0.1, 0.15) is 113 Å². The monoisotopic (exact) mass is 942 g/mol. The third-order valence-corrected chi connectivity index (χ3v) is 19.5. The van der Waals surface area contributed by atoms with Crippen molar-refractivity contribution in [3.05, 3.63) is 11.6 Å². The van der Waals surface area contributed by atoms with Crippen LogP contribution in [0.25, 0.3) is 0 Å². The van der Waals surface area contributed by atoms with Crippen LogP contribution in [0.3, 0.4) is 0 Å². The van der Waals surface area contributed by atoms with E-state index in [1.54, 1.807) is 0 Å². The Kier molecular flexibility index (Phi) is 13.7. The van der Waals surface area contributed by atoms with Gasteiger partial charge >= 0.3 is 0 Å². The molecule has 10 N–H and O–H groups in total. The summed E-state index contributed by atoms with van der Waals surface area (Å²) in [5.41, 5.74) is -0.105. The van der Waals surface area contributed by atoms with Crippen molar-refractivity contribution in [3.63, 3.8) is 0 Å². The Bertz CT molecular complexity index is 1820. The molecule has 18 heteroatoms. The second-order valence-electron chi connectivity index (χ2n) is 23.6. The van der Waals surface area contributed by atoms with Crippen LogP contribution in [0.5, 0.6) is 0 Å². The maximum absolute atomic E-state index is 12.4.